The number of alkyl halides is 3. The predicted molar refractivity (Wildman–Crippen MR) is 67.6 cm³/mol. The van der Waals surface area contributed by atoms with Crippen molar-refractivity contribution < 1.29 is 31.8 Å². The molecule has 0 radical (unpaired) electrons. The fraction of sp³-hybridized carbons (Fsp3) is 0.154. The normalized spacial score (nSPS) is 12.6. The van der Waals surface area contributed by atoms with Crippen LogP contribution in [0.2, 0.25) is 0 Å². The van der Waals surface area contributed by atoms with Crippen molar-refractivity contribution in [1.29, 1.82) is 0 Å². The maximum atomic E-state index is 12.8. The lowest BCUT2D eigenvalue weighted by Crippen LogP contribution is -2.30. The SMILES string of the molecule is NC(OC(=O)C(F)(F)F)c1cc(Oc2ccc(F)cc2)ncn1. The molecule has 0 aliphatic heterocycles. The van der Waals surface area contributed by atoms with Gasteiger partial charge in [0.25, 0.3) is 0 Å². The topological polar surface area (TPSA) is 87.3 Å². The highest BCUT2D eigenvalue weighted by atomic mass is 19.4. The molecule has 6 nitrogen and oxygen atoms in total. The van der Waals surface area contributed by atoms with Crippen molar-refractivity contribution in [2.45, 2.75) is 12.4 Å². The number of nitrogens with zero attached hydrogens (tertiary/aromatic N) is 2. The van der Waals surface area contributed by atoms with Crippen LogP contribution >= 0.6 is 0 Å². The molecule has 0 spiro atoms. The van der Waals surface area contributed by atoms with E-state index in [0.29, 0.717) is 0 Å². The maximum absolute atomic E-state index is 12.8. The number of nitrogens with two attached hydrogens (primary N) is 1. The minimum absolute atomic E-state index is 0.0693. The Hall–Kier alpha value is -2.75. The first-order valence-electron chi connectivity index (χ1n) is 6.04. The van der Waals surface area contributed by atoms with Crippen molar-refractivity contribution in [3.63, 3.8) is 0 Å². The number of esters is 1. The lowest BCUT2D eigenvalue weighted by molar-refractivity contribution is -0.205. The van der Waals surface area contributed by atoms with Gasteiger partial charge in [0, 0.05) is 6.07 Å². The summed E-state index contributed by atoms with van der Waals surface area (Å²) >= 11 is 0. The Bertz CT molecular complexity index is 692. The van der Waals surface area contributed by atoms with Crippen molar-refractivity contribution in [3.8, 4) is 11.6 Å². The van der Waals surface area contributed by atoms with Crippen LogP contribution < -0.4 is 10.5 Å². The minimum Gasteiger partial charge on any atom is -0.439 e. The largest absolute Gasteiger partial charge is 0.490 e. The molecule has 2 rings (SSSR count). The van der Waals surface area contributed by atoms with Crippen LogP contribution in [-0.4, -0.2) is 22.1 Å². The first-order chi connectivity index (χ1) is 10.8. The number of hydrogen-bond donors (Lipinski definition) is 1. The zero-order valence-electron chi connectivity index (χ0n) is 11.2. The fourth-order valence-corrected chi connectivity index (χ4v) is 1.43. The predicted octanol–water partition coefficient (Wildman–Crippen LogP) is 2.47. The van der Waals surface area contributed by atoms with E-state index >= 15 is 0 Å². The third kappa shape index (κ3) is 4.61. The monoisotopic (exact) mass is 331 g/mol. The number of carbonyl (C=O) groups excluding carboxylic acids is 1. The average Bonchev–Trinajstić information content (AvgIpc) is 2.49. The maximum Gasteiger partial charge on any atom is 0.490 e. The van der Waals surface area contributed by atoms with Gasteiger partial charge in [0.1, 0.15) is 23.6 Å². The number of aromatic nitrogens is 2. The van der Waals surface area contributed by atoms with Crippen molar-refractivity contribution in [2.24, 2.45) is 5.73 Å². The van der Waals surface area contributed by atoms with Gasteiger partial charge in [-0.25, -0.2) is 19.2 Å². The van der Waals surface area contributed by atoms with Crippen LogP contribution in [0.25, 0.3) is 0 Å². The molecule has 0 saturated carbocycles. The Morgan fingerprint density at radius 2 is 1.83 bits per heavy atom. The van der Waals surface area contributed by atoms with Crippen LogP contribution in [0.1, 0.15) is 11.9 Å². The quantitative estimate of drug-likeness (QED) is 0.526. The summed E-state index contributed by atoms with van der Waals surface area (Å²) in [5, 5.41) is 0. The molecule has 1 aromatic heterocycles. The van der Waals surface area contributed by atoms with Gasteiger partial charge in [-0.05, 0) is 24.3 Å². The second-order valence-corrected chi connectivity index (χ2v) is 4.16. The summed E-state index contributed by atoms with van der Waals surface area (Å²) in [5.41, 5.74) is 5.14. The molecule has 23 heavy (non-hydrogen) atoms. The van der Waals surface area contributed by atoms with Crippen molar-refractivity contribution >= 4 is 5.97 Å². The first-order valence-corrected chi connectivity index (χ1v) is 6.04. The molecule has 0 bridgehead atoms. The van der Waals surface area contributed by atoms with E-state index in [4.69, 9.17) is 10.5 Å². The molecule has 1 atom stereocenters. The summed E-state index contributed by atoms with van der Waals surface area (Å²) in [6.45, 7) is 0. The van der Waals surface area contributed by atoms with Crippen LogP contribution in [0.15, 0.2) is 36.7 Å². The zero-order chi connectivity index (χ0) is 17.0. The van der Waals surface area contributed by atoms with Gasteiger partial charge in [-0.15, -0.1) is 0 Å². The molecular weight excluding hydrogens is 322 g/mol. The number of rotatable bonds is 4. The summed E-state index contributed by atoms with van der Waals surface area (Å²) in [5.74, 6) is -2.75. The second-order valence-electron chi connectivity index (χ2n) is 4.16. The number of halogens is 4. The molecule has 1 aromatic carbocycles. The van der Waals surface area contributed by atoms with Crippen LogP contribution in [0.3, 0.4) is 0 Å². The van der Waals surface area contributed by atoms with Crippen molar-refractivity contribution in [2.75, 3.05) is 0 Å². The van der Waals surface area contributed by atoms with E-state index < -0.39 is 24.2 Å². The number of benzene rings is 1. The summed E-state index contributed by atoms with van der Waals surface area (Å²) in [7, 11) is 0. The molecule has 1 unspecified atom stereocenters. The summed E-state index contributed by atoms with van der Waals surface area (Å²) < 4.78 is 58.4. The zero-order valence-corrected chi connectivity index (χ0v) is 11.2. The third-order valence-electron chi connectivity index (χ3n) is 2.46. The van der Waals surface area contributed by atoms with E-state index in [1.54, 1.807) is 0 Å². The molecule has 1 heterocycles. The summed E-state index contributed by atoms with van der Waals surface area (Å²) in [6, 6.07) is 6.03. The van der Waals surface area contributed by atoms with E-state index in [2.05, 4.69) is 14.7 Å². The molecule has 0 amide bonds. The van der Waals surface area contributed by atoms with Crippen LogP contribution in [0, 0.1) is 5.82 Å². The van der Waals surface area contributed by atoms with Crippen molar-refractivity contribution in [3.05, 3.63) is 48.2 Å². The molecule has 0 saturated heterocycles. The van der Waals surface area contributed by atoms with E-state index in [1.807, 2.05) is 0 Å². The van der Waals surface area contributed by atoms with Gasteiger partial charge in [-0.2, -0.15) is 13.2 Å². The molecule has 0 aliphatic rings. The molecule has 122 valence electrons. The summed E-state index contributed by atoms with van der Waals surface area (Å²) in [4.78, 5) is 18.1. The Balaban J connectivity index is 2.10. The van der Waals surface area contributed by atoms with Crippen molar-refractivity contribution in [1.82, 2.24) is 9.97 Å². The summed E-state index contributed by atoms with van der Waals surface area (Å²) in [6.07, 6.45) is -5.95. The number of carbonyl (C=O) groups is 1. The van der Waals surface area contributed by atoms with E-state index in [0.717, 1.165) is 24.5 Å². The average molecular weight is 331 g/mol. The van der Waals surface area contributed by atoms with Crippen LogP contribution in [0.4, 0.5) is 17.6 Å². The molecule has 0 fully saturated rings. The fourth-order valence-electron chi connectivity index (χ4n) is 1.43. The van der Waals surface area contributed by atoms with Gasteiger partial charge < -0.3 is 9.47 Å². The Morgan fingerprint density at radius 3 is 2.43 bits per heavy atom. The number of hydrogen-bond acceptors (Lipinski definition) is 6. The van der Waals surface area contributed by atoms with E-state index in [-0.39, 0.29) is 17.3 Å². The molecule has 0 aliphatic carbocycles. The minimum atomic E-state index is -5.17. The van der Waals surface area contributed by atoms with E-state index in [9.17, 15) is 22.4 Å². The van der Waals surface area contributed by atoms with Gasteiger partial charge in [0.05, 0.1) is 0 Å². The Labute approximate surface area is 126 Å². The van der Waals surface area contributed by atoms with Crippen LogP contribution in [0.5, 0.6) is 11.6 Å². The van der Waals surface area contributed by atoms with Gasteiger partial charge in [0.15, 0.2) is 6.23 Å². The lowest BCUT2D eigenvalue weighted by atomic mass is 10.3. The van der Waals surface area contributed by atoms with Gasteiger partial charge >= 0.3 is 12.1 Å². The molecular formula is C13H9F4N3O3. The standard InChI is InChI=1S/C13H9F4N3O3/c14-7-1-3-8(4-2-7)22-10-5-9(19-6-20-10)11(18)23-12(21)13(15,16)17/h1-6,11H,18H2. The second kappa shape index (κ2) is 6.57. The molecule has 2 aromatic rings. The van der Waals surface area contributed by atoms with Crippen LogP contribution in [-0.2, 0) is 9.53 Å². The molecule has 10 heteroatoms. The first kappa shape index (κ1) is 16.6. The Morgan fingerprint density at radius 1 is 1.17 bits per heavy atom. The smallest absolute Gasteiger partial charge is 0.439 e. The van der Waals surface area contributed by atoms with E-state index in [1.165, 1.54) is 12.1 Å². The highest BCUT2D eigenvalue weighted by molar-refractivity contribution is 5.75. The van der Waals surface area contributed by atoms with Gasteiger partial charge in [-0.1, -0.05) is 0 Å². The lowest BCUT2D eigenvalue weighted by Gasteiger charge is -2.14. The Kier molecular flexibility index (Phi) is 4.74. The number of ether oxygens (including phenoxy) is 2. The van der Waals surface area contributed by atoms with Gasteiger partial charge in [0.2, 0.25) is 5.88 Å². The van der Waals surface area contributed by atoms with Gasteiger partial charge in [-0.3, -0.25) is 5.73 Å². The molecule has 2 N–H and O–H groups in total. The third-order valence-corrected chi connectivity index (χ3v) is 2.46. The highest BCUT2D eigenvalue weighted by Gasteiger charge is 2.42. The highest BCUT2D eigenvalue weighted by Crippen LogP contribution is 2.23.